The van der Waals surface area contributed by atoms with E-state index in [9.17, 15) is 4.79 Å². The summed E-state index contributed by atoms with van der Waals surface area (Å²) in [7, 11) is 0. The molecule has 1 atom stereocenters. The summed E-state index contributed by atoms with van der Waals surface area (Å²) in [5.74, 6) is 1.34. The van der Waals surface area contributed by atoms with Gasteiger partial charge in [-0.25, -0.2) is 0 Å². The molecule has 0 aliphatic carbocycles. The van der Waals surface area contributed by atoms with Crippen LogP contribution in [0, 0.1) is 5.92 Å². The summed E-state index contributed by atoms with van der Waals surface area (Å²) in [6, 6.07) is 8.27. The fourth-order valence-corrected chi connectivity index (χ4v) is 4.56. The summed E-state index contributed by atoms with van der Waals surface area (Å²) < 4.78 is 0.561. The van der Waals surface area contributed by atoms with Gasteiger partial charge in [0.2, 0.25) is 0 Å². The van der Waals surface area contributed by atoms with Crippen molar-refractivity contribution in [1.82, 2.24) is 5.32 Å². The first kappa shape index (κ1) is 12.3. The number of hydrogen-bond acceptors (Lipinski definition) is 4. The van der Waals surface area contributed by atoms with E-state index < -0.39 is 0 Å². The Morgan fingerprint density at radius 2 is 2.17 bits per heavy atom. The lowest BCUT2D eigenvalue weighted by atomic mass is 9.94. The van der Waals surface area contributed by atoms with Gasteiger partial charge >= 0.3 is 0 Å². The van der Waals surface area contributed by atoms with Crippen molar-refractivity contribution in [3.8, 4) is 0 Å². The molecule has 92 valence electrons. The number of nitrogens with one attached hydrogen (secondary N) is 1. The lowest BCUT2D eigenvalue weighted by molar-refractivity contribution is -0.115. The molecule has 3 rings (SSSR count). The normalized spacial score (nSPS) is 27.1. The number of rotatable bonds is 0. The third-order valence-electron chi connectivity index (χ3n) is 3.02. The van der Waals surface area contributed by atoms with E-state index in [0.717, 1.165) is 16.2 Å². The highest BCUT2D eigenvalue weighted by molar-refractivity contribution is 8.26. The van der Waals surface area contributed by atoms with E-state index in [4.69, 9.17) is 12.2 Å². The molecular weight excluding hydrogens is 282 g/mol. The molecule has 1 aromatic rings. The molecule has 5 heteroatoms. The molecule has 2 heterocycles. The van der Waals surface area contributed by atoms with E-state index in [1.165, 1.54) is 22.2 Å². The van der Waals surface area contributed by atoms with Crippen LogP contribution in [0.4, 0.5) is 0 Å². The second-order valence-electron chi connectivity index (χ2n) is 4.29. The Morgan fingerprint density at radius 3 is 2.89 bits per heavy atom. The minimum atomic E-state index is -0.0476. The Hall–Kier alpha value is -0.780. The molecule has 1 unspecified atom stereocenters. The van der Waals surface area contributed by atoms with E-state index in [0.29, 0.717) is 10.2 Å². The second kappa shape index (κ2) is 4.72. The van der Waals surface area contributed by atoms with Crippen molar-refractivity contribution >= 4 is 51.5 Å². The van der Waals surface area contributed by atoms with Gasteiger partial charge in [-0.1, -0.05) is 49.1 Å². The van der Waals surface area contributed by atoms with Crippen LogP contribution in [0.3, 0.4) is 0 Å². The van der Waals surface area contributed by atoms with Crippen LogP contribution in [0.25, 0.3) is 5.57 Å². The van der Waals surface area contributed by atoms with Crippen LogP contribution in [-0.4, -0.2) is 16.0 Å². The Labute approximate surface area is 120 Å². The third kappa shape index (κ3) is 2.00. The van der Waals surface area contributed by atoms with Gasteiger partial charge in [0.1, 0.15) is 4.32 Å². The topological polar surface area (TPSA) is 29.1 Å². The van der Waals surface area contributed by atoms with Crippen LogP contribution in [0.1, 0.15) is 12.5 Å². The molecule has 1 amide bonds. The van der Waals surface area contributed by atoms with Crippen LogP contribution in [-0.2, 0) is 4.79 Å². The van der Waals surface area contributed by atoms with Crippen molar-refractivity contribution in [2.45, 2.75) is 11.8 Å². The quantitative estimate of drug-likeness (QED) is 0.587. The number of amides is 1. The van der Waals surface area contributed by atoms with E-state index in [1.54, 1.807) is 0 Å². The van der Waals surface area contributed by atoms with Crippen molar-refractivity contribution in [2.24, 2.45) is 5.92 Å². The smallest absolute Gasteiger partial charge is 0.263 e. The molecule has 2 aliphatic rings. The summed E-state index contributed by atoms with van der Waals surface area (Å²) in [5.41, 5.74) is 2.33. The zero-order chi connectivity index (χ0) is 12.7. The number of allylic oxidation sites excluding steroid dienone is 1. The Morgan fingerprint density at radius 1 is 1.39 bits per heavy atom. The van der Waals surface area contributed by atoms with E-state index >= 15 is 0 Å². The standard InChI is InChI=1S/C13H11NOS3/c1-7-6-17-9-5-3-2-4-8(9)10(7)11-12(15)14-13(16)18-11/h2-5,7H,6H2,1H3,(H,14,15,16)/b11-10-. The molecule has 1 N–H and O–H groups in total. The van der Waals surface area contributed by atoms with E-state index in [1.807, 2.05) is 23.9 Å². The van der Waals surface area contributed by atoms with Crippen molar-refractivity contribution in [2.75, 3.05) is 5.75 Å². The van der Waals surface area contributed by atoms with Gasteiger partial charge in [-0.15, -0.1) is 11.8 Å². The molecule has 1 aromatic carbocycles. The molecule has 2 aliphatic heterocycles. The van der Waals surface area contributed by atoms with Gasteiger partial charge < -0.3 is 5.32 Å². The molecule has 1 fully saturated rings. The highest BCUT2D eigenvalue weighted by Crippen LogP contribution is 2.45. The van der Waals surface area contributed by atoms with E-state index in [-0.39, 0.29) is 5.91 Å². The van der Waals surface area contributed by atoms with Crippen molar-refractivity contribution in [3.63, 3.8) is 0 Å². The predicted molar refractivity (Wildman–Crippen MR) is 81.6 cm³/mol. The van der Waals surface area contributed by atoms with Gasteiger partial charge in [0.05, 0.1) is 4.91 Å². The van der Waals surface area contributed by atoms with Crippen LogP contribution in [0.5, 0.6) is 0 Å². The van der Waals surface area contributed by atoms with Crippen LogP contribution >= 0.6 is 35.7 Å². The zero-order valence-electron chi connectivity index (χ0n) is 9.73. The number of hydrogen-bond donors (Lipinski definition) is 1. The molecule has 18 heavy (non-hydrogen) atoms. The number of thioether (sulfide) groups is 2. The maximum Gasteiger partial charge on any atom is 0.263 e. The molecule has 0 aromatic heterocycles. The van der Waals surface area contributed by atoms with Crippen molar-refractivity contribution < 1.29 is 4.79 Å². The zero-order valence-corrected chi connectivity index (χ0v) is 12.2. The highest BCUT2D eigenvalue weighted by atomic mass is 32.2. The summed E-state index contributed by atoms with van der Waals surface area (Å²) in [6.45, 7) is 2.17. The predicted octanol–water partition coefficient (Wildman–Crippen LogP) is 3.29. The van der Waals surface area contributed by atoms with Crippen LogP contribution in [0.2, 0.25) is 0 Å². The number of carbonyl (C=O) groups is 1. The molecule has 1 saturated heterocycles. The van der Waals surface area contributed by atoms with Gasteiger partial charge in [0, 0.05) is 10.6 Å². The van der Waals surface area contributed by atoms with Crippen molar-refractivity contribution in [1.29, 1.82) is 0 Å². The monoisotopic (exact) mass is 293 g/mol. The van der Waals surface area contributed by atoms with Crippen LogP contribution in [0.15, 0.2) is 34.1 Å². The lowest BCUT2D eigenvalue weighted by Crippen LogP contribution is -2.20. The number of thiocarbonyl (C=S) groups is 1. The fourth-order valence-electron chi connectivity index (χ4n) is 2.22. The molecule has 0 bridgehead atoms. The Balaban J connectivity index is 2.19. The molecule has 0 saturated carbocycles. The first-order valence-corrected chi connectivity index (χ1v) is 7.87. The third-order valence-corrected chi connectivity index (χ3v) is 5.60. The van der Waals surface area contributed by atoms with Gasteiger partial charge in [-0.05, 0) is 23.1 Å². The van der Waals surface area contributed by atoms with Crippen molar-refractivity contribution in [3.05, 3.63) is 34.7 Å². The number of fused-ring (bicyclic) bond motifs is 1. The number of benzene rings is 1. The van der Waals surface area contributed by atoms with Crippen LogP contribution < -0.4 is 5.32 Å². The lowest BCUT2D eigenvalue weighted by Gasteiger charge is -2.25. The second-order valence-corrected chi connectivity index (χ2v) is 7.04. The van der Waals surface area contributed by atoms with E-state index in [2.05, 4.69) is 24.4 Å². The molecular formula is C13H11NOS3. The minimum Gasteiger partial charge on any atom is -0.307 e. The number of carbonyl (C=O) groups excluding carboxylic acids is 1. The summed E-state index contributed by atoms with van der Waals surface area (Å²) in [6.07, 6.45) is 0. The Kier molecular flexibility index (Phi) is 3.21. The minimum absolute atomic E-state index is 0.0476. The Bertz CT molecular complexity index is 579. The summed E-state index contributed by atoms with van der Waals surface area (Å²) >= 11 is 8.31. The largest absolute Gasteiger partial charge is 0.307 e. The molecule has 2 nitrogen and oxygen atoms in total. The van der Waals surface area contributed by atoms with Gasteiger partial charge in [0.25, 0.3) is 5.91 Å². The van der Waals surface area contributed by atoms with Gasteiger partial charge in [0.15, 0.2) is 0 Å². The fraction of sp³-hybridized carbons (Fsp3) is 0.231. The first-order valence-electron chi connectivity index (χ1n) is 5.66. The van der Waals surface area contributed by atoms with Gasteiger partial charge in [-0.3, -0.25) is 4.79 Å². The summed E-state index contributed by atoms with van der Waals surface area (Å²) in [4.78, 5) is 14.0. The summed E-state index contributed by atoms with van der Waals surface area (Å²) in [5, 5.41) is 2.71. The first-order chi connectivity index (χ1) is 8.66. The molecule has 0 radical (unpaired) electrons. The highest BCUT2D eigenvalue weighted by Gasteiger charge is 2.31. The average molecular weight is 293 g/mol. The average Bonchev–Trinajstić information content (AvgIpc) is 2.68. The maximum atomic E-state index is 12.0. The van der Waals surface area contributed by atoms with Gasteiger partial charge in [-0.2, -0.15) is 0 Å². The SMILES string of the molecule is CC1CSc2ccccc2/C1=C1\SC(=S)NC1=O. The maximum absolute atomic E-state index is 12.0. The molecule has 0 spiro atoms.